The van der Waals surface area contributed by atoms with E-state index in [0.29, 0.717) is 22.3 Å². The van der Waals surface area contributed by atoms with Crippen molar-refractivity contribution >= 4 is 40.6 Å². The van der Waals surface area contributed by atoms with Gasteiger partial charge in [-0.05, 0) is 37.2 Å². The molecule has 0 aliphatic carbocycles. The number of benzene rings is 2. The zero-order valence-electron chi connectivity index (χ0n) is 20.2. The molecular weight excluding hydrogens is 512 g/mol. The topological polar surface area (TPSA) is 67.2 Å². The quantitative estimate of drug-likeness (QED) is 0.293. The summed E-state index contributed by atoms with van der Waals surface area (Å²) in [6.45, 7) is 8.57. The first-order valence-electron chi connectivity index (χ1n) is 11.9. The van der Waals surface area contributed by atoms with Crippen LogP contribution in [0.4, 0.5) is 0 Å². The van der Waals surface area contributed by atoms with E-state index in [1.807, 2.05) is 51.2 Å². The molecule has 0 N–H and O–H groups in total. The largest absolute Gasteiger partial charge is 0.335 e. The lowest BCUT2D eigenvalue weighted by atomic mass is 10.1. The van der Waals surface area contributed by atoms with Crippen LogP contribution in [-0.2, 0) is 5.75 Å². The van der Waals surface area contributed by atoms with Crippen molar-refractivity contribution in [2.45, 2.75) is 24.8 Å². The number of para-hydroxylation sites is 1. The van der Waals surface area contributed by atoms with E-state index in [4.69, 9.17) is 11.6 Å². The minimum absolute atomic E-state index is 0.0161. The number of hydrogen-bond donors (Lipinski definition) is 0. The highest BCUT2D eigenvalue weighted by molar-refractivity contribution is 7.98. The predicted octanol–water partition coefficient (Wildman–Crippen LogP) is 5.42. The average molecular weight is 539 g/mol. The van der Waals surface area contributed by atoms with E-state index in [1.165, 1.54) is 11.3 Å². The molecule has 0 saturated carbocycles. The van der Waals surface area contributed by atoms with Gasteiger partial charge in [0, 0.05) is 37.1 Å². The molecule has 1 amide bonds. The summed E-state index contributed by atoms with van der Waals surface area (Å²) in [5, 5.41) is 13.1. The second-order valence-electron chi connectivity index (χ2n) is 8.55. The number of likely N-dealkylation sites (N-methyl/N-ethyl adjacent to an activating group) is 1. The summed E-state index contributed by atoms with van der Waals surface area (Å²) in [5.74, 6) is 1.30. The molecule has 10 heteroatoms. The van der Waals surface area contributed by atoms with Crippen molar-refractivity contribution in [1.82, 2.24) is 29.5 Å². The number of hydrogen-bond acceptors (Lipinski definition) is 7. The van der Waals surface area contributed by atoms with Crippen LogP contribution in [0.15, 0.2) is 59.1 Å². The second-order valence-corrected chi connectivity index (χ2v) is 10.8. The molecule has 1 saturated heterocycles. The summed E-state index contributed by atoms with van der Waals surface area (Å²) < 4.78 is 2.05. The molecule has 0 spiro atoms. The third-order valence-electron chi connectivity index (χ3n) is 6.31. The van der Waals surface area contributed by atoms with Crippen molar-refractivity contribution in [3.8, 4) is 17.1 Å². The first-order chi connectivity index (χ1) is 17.5. The maximum absolute atomic E-state index is 13.0. The molecule has 186 valence electrons. The molecule has 2 aromatic heterocycles. The molecule has 1 aliphatic rings. The number of rotatable bonds is 7. The van der Waals surface area contributed by atoms with E-state index in [-0.39, 0.29) is 5.91 Å². The van der Waals surface area contributed by atoms with Gasteiger partial charge in [0.25, 0.3) is 5.91 Å². The van der Waals surface area contributed by atoms with Crippen LogP contribution in [0.25, 0.3) is 17.1 Å². The van der Waals surface area contributed by atoms with Crippen molar-refractivity contribution in [3.05, 3.63) is 75.2 Å². The van der Waals surface area contributed by atoms with Gasteiger partial charge in [-0.15, -0.1) is 21.5 Å². The van der Waals surface area contributed by atoms with Crippen LogP contribution in [0.1, 0.15) is 28.0 Å². The lowest BCUT2D eigenvalue weighted by Crippen LogP contribution is -2.48. The molecule has 36 heavy (non-hydrogen) atoms. The van der Waals surface area contributed by atoms with E-state index < -0.39 is 0 Å². The van der Waals surface area contributed by atoms with Gasteiger partial charge >= 0.3 is 0 Å². The number of thioether (sulfide) groups is 1. The maximum atomic E-state index is 13.0. The highest BCUT2D eigenvalue weighted by Gasteiger charge is 2.24. The number of thiazole rings is 1. The lowest BCUT2D eigenvalue weighted by Gasteiger charge is -2.33. The van der Waals surface area contributed by atoms with Crippen molar-refractivity contribution in [3.63, 3.8) is 0 Å². The van der Waals surface area contributed by atoms with E-state index in [1.54, 1.807) is 11.8 Å². The number of aromatic nitrogens is 4. The van der Waals surface area contributed by atoms with Gasteiger partial charge in [0.05, 0.1) is 16.5 Å². The normalized spacial score (nSPS) is 14.4. The Bertz CT molecular complexity index is 1360. The minimum atomic E-state index is 0.0161. The number of nitrogens with zero attached hydrogens (tertiary/aromatic N) is 6. The van der Waals surface area contributed by atoms with E-state index >= 15 is 0 Å². The van der Waals surface area contributed by atoms with Gasteiger partial charge in [0.1, 0.15) is 10.7 Å². The number of piperazine rings is 1. The molecule has 0 unspecified atom stereocenters. The fourth-order valence-electron chi connectivity index (χ4n) is 4.24. The van der Waals surface area contributed by atoms with Crippen LogP contribution in [0.2, 0.25) is 5.02 Å². The summed E-state index contributed by atoms with van der Waals surface area (Å²) in [6.07, 6.45) is 0. The fraction of sp³-hybridized carbons (Fsp3) is 0.308. The molecule has 7 nitrogen and oxygen atoms in total. The summed E-state index contributed by atoms with van der Waals surface area (Å²) in [6, 6.07) is 15.8. The van der Waals surface area contributed by atoms with Gasteiger partial charge in [-0.2, -0.15) is 0 Å². The Morgan fingerprint density at radius 2 is 1.81 bits per heavy atom. The Balaban J connectivity index is 1.37. The number of amides is 1. The molecule has 3 heterocycles. The van der Waals surface area contributed by atoms with Gasteiger partial charge in [0.15, 0.2) is 11.0 Å². The van der Waals surface area contributed by atoms with Crippen molar-refractivity contribution in [1.29, 1.82) is 0 Å². The van der Waals surface area contributed by atoms with E-state index in [9.17, 15) is 4.79 Å². The van der Waals surface area contributed by atoms with E-state index in [2.05, 4.69) is 46.1 Å². The van der Waals surface area contributed by atoms with Gasteiger partial charge in [-0.25, -0.2) is 4.98 Å². The smallest absolute Gasteiger partial charge is 0.273 e. The summed E-state index contributed by atoms with van der Waals surface area (Å²) >= 11 is 9.58. The van der Waals surface area contributed by atoms with Crippen LogP contribution < -0.4 is 0 Å². The molecule has 2 aromatic carbocycles. The molecule has 0 radical (unpaired) electrons. The number of aryl methyl sites for hydroxylation is 1. The third kappa shape index (κ3) is 5.20. The van der Waals surface area contributed by atoms with Crippen molar-refractivity contribution < 1.29 is 4.79 Å². The molecular formula is C26H27ClN6OS2. The second kappa shape index (κ2) is 11.1. The number of halogens is 1. The molecule has 1 aliphatic heterocycles. The Labute approximate surface area is 224 Å². The van der Waals surface area contributed by atoms with Crippen LogP contribution in [0.3, 0.4) is 0 Å². The monoisotopic (exact) mass is 538 g/mol. The standard InChI is InChI=1S/C26H27ClN6OS2/c1-3-31-12-14-32(15-13-31)25(34)21-16-35-23(28-21)17-36-26-30-29-24(19-9-5-6-10-20(19)27)33(26)22-11-7-4-8-18(22)2/h4-11,16H,3,12-15,17H2,1-2H3. The Morgan fingerprint density at radius 3 is 2.56 bits per heavy atom. The van der Waals surface area contributed by atoms with Crippen LogP contribution in [0, 0.1) is 6.92 Å². The maximum Gasteiger partial charge on any atom is 0.273 e. The van der Waals surface area contributed by atoms with Crippen molar-refractivity contribution in [2.75, 3.05) is 32.7 Å². The SMILES string of the molecule is CCN1CCN(C(=O)c2csc(CSc3nnc(-c4ccccc4Cl)n3-c3ccccc3C)n2)CC1. The molecule has 0 atom stereocenters. The molecule has 4 aromatic rings. The summed E-state index contributed by atoms with van der Waals surface area (Å²) in [7, 11) is 0. The zero-order valence-corrected chi connectivity index (χ0v) is 22.6. The van der Waals surface area contributed by atoms with Gasteiger partial charge < -0.3 is 9.80 Å². The molecule has 1 fully saturated rings. The average Bonchev–Trinajstić information content (AvgIpc) is 3.55. The Morgan fingerprint density at radius 1 is 1.06 bits per heavy atom. The number of carbonyl (C=O) groups is 1. The summed E-state index contributed by atoms with van der Waals surface area (Å²) in [5.41, 5.74) is 3.46. The highest BCUT2D eigenvalue weighted by Crippen LogP contribution is 2.34. The van der Waals surface area contributed by atoms with Crippen LogP contribution in [-0.4, -0.2) is 68.2 Å². The minimum Gasteiger partial charge on any atom is -0.335 e. The van der Waals surface area contributed by atoms with Gasteiger partial charge in [0.2, 0.25) is 0 Å². The van der Waals surface area contributed by atoms with Gasteiger partial charge in [-0.1, -0.05) is 60.6 Å². The third-order valence-corrected chi connectivity index (χ3v) is 8.61. The first kappa shape index (κ1) is 25.0. The molecule has 0 bridgehead atoms. The fourth-order valence-corrected chi connectivity index (χ4v) is 6.19. The first-order valence-corrected chi connectivity index (χ1v) is 14.1. The van der Waals surface area contributed by atoms with Crippen molar-refractivity contribution in [2.24, 2.45) is 0 Å². The van der Waals surface area contributed by atoms with Crippen LogP contribution >= 0.6 is 34.7 Å². The Hall–Kier alpha value is -2.72. The van der Waals surface area contributed by atoms with Gasteiger partial charge in [-0.3, -0.25) is 9.36 Å². The zero-order chi connectivity index (χ0) is 25.1. The summed E-state index contributed by atoms with van der Waals surface area (Å²) in [4.78, 5) is 21.9. The van der Waals surface area contributed by atoms with E-state index in [0.717, 1.165) is 59.7 Å². The molecule has 5 rings (SSSR count). The highest BCUT2D eigenvalue weighted by atomic mass is 35.5. The van der Waals surface area contributed by atoms with Crippen LogP contribution in [0.5, 0.6) is 0 Å². The predicted molar refractivity (Wildman–Crippen MR) is 146 cm³/mol. The lowest BCUT2D eigenvalue weighted by molar-refractivity contribution is 0.0638. The number of carbonyl (C=O) groups excluding carboxylic acids is 1. The Kier molecular flexibility index (Phi) is 7.71.